The number of rotatable bonds is 24. The van der Waals surface area contributed by atoms with Crippen molar-refractivity contribution in [3.05, 3.63) is 444 Å². The molecule has 0 amide bonds. The van der Waals surface area contributed by atoms with E-state index in [1.54, 1.807) is 22.3 Å². The third kappa shape index (κ3) is 20.2. The SMILES string of the molecule is C1=CC2CC1C1C3c4ccccc4C(c4ccccc43)C21.C1=CC2CC1CC2CCCCc1ccc(-c2ccccc2)cc1.C1=CC2CC1CC2CCCc1ccc(-c2ccccc2)cc1.C1=CC2CC1CC2CCc1ccc(-c2ccccc2)cc1.C1=CC2CC1CC2CCc1ccccc1-c1ccccc1.CCc1ccc(-c2ccc(CCC3CC4C=CC3C4)cc2)cc1. The summed E-state index contributed by atoms with van der Waals surface area (Å²) < 4.78 is 0. The van der Waals surface area contributed by atoms with E-state index in [9.17, 15) is 0 Å². The molecule has 662 valence electrons. The minimum absolute atomic E-state index is 0.646. The van der Waals surface area contributed by atoms with Crippen molar-refractivity contribution in [2.24, 2.45) is 112 Å². The summed E-state index contributed by atoms with van der Waals surface area (Å²) in [7, 11) is 0. The normalized spacial score (nSPS) is 28.0. The first-order valence-corrected chi connectivity index (χ1v) is 51.8. The average molecular weight is 1710 g/mol. The molecule has 12 aromatic rings. The van der Waals surface area contributed by atoms with Gasteiger partial charge in [-0.05, 0) is 378 Å². The standard InChI is InChI=1S/2C23H26.C22H24.C21H18.2C21H22/c1-2-17-3-9-20(10-4-17)21-11-5-18(6-12-21)7-13-22-15-19-8-14-23(22)16-19;1-2-7-20(8-3-1)21-13-10-18(11-14-21)6-4-5-9-22-16-19-12-15-23(22)17-19;1-2-6-19(7-3-1)20-12-9-17(10-13-20)5-4-8-21-15-18-11-14-22(21)16-18;1-2-6-15-14(5-1)20-16-7-3-4-8-17(16)21(15)19-13-10-9-12(11-13)18(19)20;1-2-6-17(7-3-1)21-9-5-4-8-18(21)12-13-20-15-16-10-11-19(20)14-16;1-2-4-18(5-3-1)19-10-6-16(7-11-19)8-12-20-14-17-9-13-21(20)15-17/h3-6,8-12,14,19,22-23H,2,7,13,15-16H2,1H3;1-3,7-8,10-15,19,22-23H,4-6,9,16-17H2;1-3,6-7,9-14,18,21-22H,4-5,8,15-16H2;1-10,12-13,18-21H,11H2;1-11,16,19-20H,12-15H2;1-7,9-11,13,17,20-21H,8,12,14-15H2. The minimum atomic E-state index is 0.646. The molecule has 27 rings (SSSR count). The predicted octanol–water partition coefficient (Wildman–Crippen LogP) is 33.9. The smallest absolute Gasteiger partial charge is 0.0132 e. The summed E-state index contributed by atoms with van der Waals surface area (Å²) in [5, 5.41) is 0. The summed E-state index contributed by atoms with van der Waals surface area (Å²) in [5.74, 6) is 18.4. The van der Waals surface area contributed by atoms with Gasteiger partial charge in [-0.3, -0.25) is 0 Å². The summed E-state index contributed by atoms with van der Waals surface area (Å²) in [6.07, 6.45) is 63.7. The van der Waals surface area contributed by atoms with E-state index in [0.717, 1.165) is 119 Å². The van der Waals surface area contributed by atoms with Crippen molar-refractivity contribution in [2.45, 2.75) is 179 Å². The summed E-state index contributed by atoms with van der Waals surface area (Å²) >= 11 is 0. The van der Waals surface area contributed by atoms with Gasteiger partial charge in [0.1, 0.15) is 0 Å². The van der Waals surface area contributed by atoms with Gasteiger partial charge in [-0.25, -0.2) is 0 Å². The lowest BCUT2D eigenvalue weighted by Gasteiger charge is -2.51. The second-order valence-electron chi connectivity index (χ2n) is 42.2. The highest BCUT2D eigenvalue weighted by molar-refractivity contribution is 5.69. The second kappa shape index (κ2) is 41.1. The van der Waals surface area contributed by atoms with E-state index in [1.807, 2.05) is 0 Å². The molecule has 0 nitrogen and oxygen atoms in total. The fourth-order valence-electron chi connectivity index (χ4n) is 27.6. The van der Waals surface area contributed by atoms with Crippen LogP contribution in [0.3, 0.4) is 0 Å². The highest BCUT2D eigenvalue weighted by Crippen LogP contribution is 2.68. The zero-order valence-electron chi connectivity index (χ0n) is 77.8. The molecule has 0 aromatic heterocycles. The molecule has 6 saturated carbocycles. The molecular formula is C131H138. The largest absolute Gasteiger partial charge is 0.0851 e. The van der Waals surface area contributed by atoms with E-state index in [4.69, 9.17) is 0 Å². The number of benzene rings is 12. The Bertz CT molecular complexity index is 5790. The van der Waals surface area contributed by atoms with Crippen molar-refractivity contribution in [3.63, 3.8) is 0 Å². The molecule has 12 aromatic carbocycles. The molecule has 14 bridgehead atoms. The van der Waals surface area contributed by atoms with Crippen molar-refractivity contribution in [3.8, 4) is 55.6 Å². The first-order chi connectivity index (χ1) is 64.8. The van der Waals surface area contributed by atoms with Crippen molar-refractivity contribution < 1.29 is 0 Å². The average Bonchev–Trinajstić information content (AvgIpc) is 1.57. The van der Waals surface area contributed by atoms with Gasteiger partial charge in [0.05, 0.1) is 0 Å². The molecule has 0 spiro atoms. The van der Waals surface area contributed by atoms with Gasteiger partial charge in [-0.15, -0.1) is 0 Å². The molecule has 131 heavy (non-hydrogen) atoms. The van der Waals surface area contributed by atoms with Crippen molar-refractivity contribution in [1.29, 1.82) is 0 Å². The number of hydrogen-bond acceptors (Lipinski definition) is 0. The summed E-state index contributed by atoms with van der Waals surface area (Å²) in [4.78, 5) is 0. The maximum absolute atomic E-state index is 2.53. The molecule has 19 atom stereocenters. The van der Waals surface area contributed by atoms with Crippen LogP contribution in [0, 0.1) is 112 Å². The van der Waals surface area contributed by atoms with Crippen molar-refractivity contribution in [1.82, 2.24) is 0 Å². The van der Waals surface area contributed by atoms with Crippen LogP contribution in [0.15, 0.2) is 388 Å². The van der Waals surface area contributed by atoms with Crippen LogP contribution in [0.2, 0.25) is 0 Å². The molecule has 6 fully saturated rings. The Morgan fingerprint density at radius 2 is 0.458 bits per heavy atom. The number of allylic oxidation sites excluding steroid dienone is 12. The highest BCUT2D eigenvalue weighted by atomic mass is 14.6. The van der Waals surface area contributed by atoms with Crippen LogP contribution in [0.5, 0.6) is 0 Å². The minimum Gasteiger partial charge on any atom is -0.0851 e. The van der Waals surface area contributed by atoms with Gasteiger partial charge in [-0.2, -0.15) is 0 Å². The fraction of sp³-hybridized carbons (Fsp3) is 0.359. The van der Waals surface area contributed by atoms with Crippen LogP contribution in [0.4, 0.5) is 0 Å². The first kappa shape index (κ1) is 86.8. The third-order valence-electron chi connectivity index (χ3n) is 34.4. The maximum Gasteiger partial charge on any atom is 0.0132 e. The Balaban J connectivity index is 0.0000000950. The summed E-state index contributed by atoms with van der Waals surface area (Å²) in [6.45, 7) is 2.20. The Hall–Kier alpha value is -10.9. The van der Waals surface area contributed by atoms with E-state index >= 15 is 0 Å². The van der Waals surface area contributed by atoms with Crippen LogP contribution in [0.25, 0.3) is 55.6 Å². The third-order valence-corrected chi connectivity index (χ3v) is 34.4. The zero-order chi connectivity index (χ0) is 87.6. The quantitative estimate of drug-likeness (QED) is 0.0418. The second-order valence-corrected chi connectivity index (χ2v) is 42.2. The monoisotopic (exact) mass is 1710 g/mol. The van der Waals surface area contributed by atoms with E-state index in [1.165, 1.54) is 243 Å². The van der Waals surface area contributed by atoms with Crippen molar-refractivity contribution >= 4 is 0 Å². The maximum atomic E-state index is 2.53. The summed E-state index contributed by atoms with van der Waals surface area (Å²) in [5.41, 5.74) is 28.7. The summed E-state index contributed by atoms with van der Waals surface area (Å²) in [6, 6.07) is 116. The van der Waals surface area contributed by atoms with E-state index in [0.29, 0.717) is 11.8 Å². The molecule has 19 unspecified atom stereocenters. The molecular weight excluding hydrogens is 1570 g/mol. The van der Waals surface area contributed by atoms with E-state index in [2.05, 4.69) is 395 Å². The molecule has 0 heteroatoms. The predicted molar refractivity (Wildman–Crippen MR) is 553 cm³/mol. The fourth-order valence-corrected chi connectivity index (χ4v) is 27.6. The Morgan fingerprint density at radius 3 is 0.786 bits per heavy atom. The molecule has 15 aliphatic carbocycles. The van der Waals surface area contributed by atoms with Gasteiger partial charge < -0.3 is 0 Å². The lowest BCUT2D eigenvalue weighted by atomic mass is 9.52. The zero-order valence-corrected chi connectivity index (χ0v) is 77.8. The van der Waals surface area contributed by atoms with Crippen molar-refractivity contribution in [2.75, 3.05) is 0 Å². The molecule has 0 N–H and O–H groups in total. The Labute approximate surface area is 785 Å². The molecule has 0 heterocycles. The van der Waals surface area contributed by atoms with E-state index in [-0.39, 0.29) is 0 Å². The number of hydrogen-bond donors (Lipinski definition) is 0. The molecule has 0 saturated heterocycles. The van der Waals surface area contributed by atoms with Crippen LogP contribution < -0.4 is 0 Å². The lowest BCUT2D eigenvalue weighted by molar-refractivity contribution is 0.214. The number of unbranched alkanes of at least 4 members (excludes halogenated alkanes) is 1. The lowest BCUT2D eigenvalue weighted by Crippen LogP contribution is -2.41. The number of aryl methyl sites for hydroxylation is 6. The van der Waals surface area contributed by atoms with Gasteiger partial charge in [0, 0.05) is 11.8 Å². The van der Waals surface area contributed by atoms with E-state index < -0.39 is 0 Å². The molecule has 15 aliphatic rings. The highest BCUT2D eigenvalue weighted by Gasteiger charge is 2.59. The van der Waals surface area contributed by atoms with Crippen LogP contribution in [-0.4, -0.2) is 0 Å². The van der Waals surface area contributed by atoms with Crippen LogP contribution in [0.1, 0.15) is 196 Å². The first-order valence-electron chi connectivity index (χ1n) is 51.8. The number of fused-ring (bicyclic) bond motifs is 12. The van der Waals surface area contributed by atoms with Gasteiger partial charge in [0.15, 0.2) is 0 Å². The van der Waals surface area contributed by atoms with Gasteiger partial charge in [0.2, 0.25) is 0 Å². The molecule has 0 radical (unpaired) electrons. The van der Waals surface area contributed by atoms with Gasteiger partial charge in [-0.1, -0.05) is 402 Å². The Kier molecular flexibility index (Phi) is 27.2. The topological polar surface area (TPSA) is 0 Å². The van der Waals surface area contributed by atoms with Crippen LogP contribution >= 0.6 is 0 Å². The molecule has 0 aliphatic heterocycles. The van der Waals surface area contributed by atoms with Crippen LogP contribution in [-0.2, 0) is 38.5 Å². The van der Waals surface area contributed by atoms with Gasteiger partial charge >= 0.3 is 0 Å². The Morgan fingerprint density at radius 1 is 0.191 bits per heavy atom. The van der Waals surface area contributed by atoms with Gasteiger partial charge in [0.25, 0.3) is 0 Å².